The minimum absolute atomic E-state index is 0.0819. The summed E-state index contributed by atoms with van der Waals surface area (Å²) in [7, 11) is 0. The first kappa shape index (κ1) is 17.0. The number of carboxylic acids is 1. The molecule has 124 valence electrons. The van der Waals surface area contributed by atoms with Crippen molar-refractivity contribution < 1.29 is 19.4 Å². The van der Waals surface area contributed by atoms with E-state index in [2.05, 4.69) is 15.8 Å². The van der Waals surface area contributed by atoms with Gasteiger partial charge in [-0.1, -0.05) is 30.3 Å². The van der Waals surface area contributed by atoms with Crippen molar-refractivity contribution in [3.05, 3.63) is 60.2 Å². The van der Waals surface area contributed by atoms with E-state index < -0.39 is 12.6 Å². The second-order valence-electron chi connectivity index (χ2n) is 4.73. The third kappa shape index (κ3) is 5.80. The fourth-order valence-corrected chi connectivity index (χ4v) is 1.81. The maximum Gasteiger partial charge on any atom is 0.341 e. The zero-order valence-electron chi connectivity index (χ0n) is 12.8. The maximum absolute atomic E-state index is 11.7. The Morgan fingerprint density at radius 2 is 1.79 bits per heavy atom. The van der Waals surface area contributed by atoms with Gasteiger partial charge in [0.05, 0.1) is 12.8 Å². The van der Waals surface area contributed by atoms with Gasteiger partial charge < -0.3 is 15.2 Å². The van der Waals surface area contributed by atoms with Gasteiger partial charge in [0.15, 0.2) is 6.61 Å². The van der Waals surface area contributed by atoms with Crippen molar-refractivity contribution in [2.45, 2.75) is 0 Å². The van der Waals surface area contributed by atoms with Gasteiger partial charge in [0.2, 0.25) is 0 Å². The Kier molecular flexibility index (Phi) is 6.34. The van der Waals surface area contributed by atoms with Crippen molar-refractivity contribution in [2.75, 3.05) is 18.5 Å². The molecule has 7 heteroatoms. The summed E-state index contributed by atoms with van der Waals surface area (Å²) < 4.78 is 5.15. The molecule has 0 aliphatic carbocycles. The largest absolute Gasteiger partial charge is 0.481 e. The summed E-state index contributed by atoms with van der Waals surface area (Å²) in [5, 5.41) is 15.5. The van der Waals surface area contributed by atoms with Crippen molar-refractivity contribution in [3.8, 4) is 5.75 Å². The molecule has 0 aliphatic rings. The van der Waals surface area contributed by atoms with Crippen molar-refractivity contribution in [2.24, 2.45) is 5.10 Å². The summed E-state index contributed by atoms with van der Waals surface area (Å²) in [5.74, 6) is -0.999. The van der Waals surface area contributed by atoms with Gasteiger partial charge >= 0.3 is 5.97 Å². The highest BCUT2D eigenvalue weighted by atomic mass is 16.5. The van der Waals surface area contributed by atoms with Crippen LogP contribution in [-0.2, 0) is 9.59 Å². The molecule has 0 bridgehead atoms. The Bertz CT molecular complexity index is 717. The van der Waals surface area contributed by atoms with Gasteiger partial charge in [0.1, 0.15) is 5.75 Å². The third-order valence-corrected chi connectivity index (χ3v) is 2.89. The number of aliphatic carboxylic acids is 1. The lowest BCUT2D eigenvalue weighted by Crippen LogP contribution is -2.25. The average Bonchev–Trinajstić information content (AvgIpc) is 2.60. The van der Waals surface area contributed by atoms with Crippen LogP contribution < -0.4 is 15.5 Å². The molecule has 0 saturated heterocycles. The van der Waals surface area contributed by atoms with Crippen LogP contribution in [0, 0.1) is 0 Å². The van der Waals surface area contributed by atoms with E-state index in [1.165, 1.54) is 6.21 Å². The van der Waals surface area contributed by atoms with Gasteiger partial charge in [-0.15, -0.1) is 0 Å². The molecule has 0 aliphatic heterocycles. The van der Waals surface area contributed by atoms with Crippen LogP contribution >= 0.6 is 0 Å². The molecule has 1 amide bonds. The summed E-state index contributed by atoms with van der Waals surface area (Å²) in [6, 6.07) is 16.1. The zero-order valence-corrected chi connectivity index (χ0v) is 12.8. The number of hydrogen-bond acceptors (Lipinski definition) is 5. The Hall–Kier alpha value is -3.35. The number of amides is 1. The molecule has 0 aromatic heterocycles. The number of hydrazone groups is 1. The van der Waals surface area contributed by atoms with Crippen LogP contribution in [0.25, 0.3) is 0 Å². The molecule has 2 rings (SSSR count). The predicted molar refractivity (Wildman–Crippen MR) is 90.2 cm³/mol. The number of carboxylic acid groups (broad SMARTS) is 1. The van der Waals surface area contributed by atoms with Crippen LogP contribution in [0.5, 0.6) is 5.75 Å². The van der Waals surface area contributed by atoms with E-state index in [9.17, 15) is 9.59 Å². The van der Waals surface area contributed by atoms with Crippen molar-refractivity contribution in [1.29, 1.82) is 0 Å². The lowest BCUT2D eigenvalue weighted by atomic mass is 10.2. The number of para-hydroxylation sites is 2. The van der Waals surface area contributed by atoms with E-state index in [-0.39, 0.29) is 12.5 Å². The van der Waals surface area contributed by atoms with Crippen LogP contribution in [0.2, 0.25) is 0 Å². The standard InChI is InChI=1S/C17H17N3O4/c21-16(11-18-14-7-2-1-3-8-14)20-19-10-13-6-4-5-9-15(13)24-12-17(22)23/h1-10,18H,11-12H2,(H,20,21)(H,22,23). The van der Waals surface area contributed by atoms with E-state index in [1.54, 1.807) is 24.3 Å². The first-order valence-corrected chi connectivity index (χ1v) is 7.19. The summed E-state index contributed by atoms with van der Waals surface area (Å²) in [6.45, 7) is -0.364. The first-order valence-electron chi connectivity index (χ1n) is 7.19. The summed E-state index contributed by atoms with van der Waals surface area (Å²) in [5.41, 5.74) is 3.79. The molecule has 0 fully saturated rings. The van der Waals surface area contributed by atoms with Gasteiger partial charge in [0, 0.05) is 11.3 Å². The Morgan fingerprint density at radius 1 is 1.08 bits per heavy atom. The molecule has 2 aromatic rings. The number of carbonyl (C=O) groups excluding carboxylic acids is 1. The van der Waals surface area contributed by atoms with E-state index >= 15 is 0 Å². The van der Waals surface area contributed by atoms with Gasteiger partial charge in [-0.2, -0.15) is 5.10 Å². The molecular weight excluding hydrogens is 310 g/mol. The molecule has 3 N–H and O–H groups in total. The normalized spacial score (nSPS) is 10.3. The van der Waals surface area contributed by atoms with Gasteiger partial charge in [-0.25, -0.2) is 10.2 Å². The Balaban J connectivity index is 1.85. The van der Waals surface area contributed by atoms with Gasteiger partial charge in [-0.05, 0) is 24.3 Å². The van der Waals surface area contributed by atoms with E-state index in [4.69, 9.17) is 9.84 Å². The number of rotatable bonds is 8. The fraction of sp³-hybridized carbons (Fsp3) is 0.118. The zero-order chi connectivity index (χ0) is 17.2. The SMILES string of the molecule is O=C(O)COc1ccccc1C=NNC(=O)CNc1ccccc1. The number of nitrogens with one attached hydrogen (secondary N) is 2. The van der Waals surface area contributed by atoms with Gasteiger partial charge in [-0.3, -0.25) is 4.79 Å². The Morgan fingerprint density at radius 3 is 2.54 bits per heavy atom. The summed E-state index contributed by atoms with van der Waals surface area (Å²) >= 11 is 0. The van der Waals surface area contributed by atoms with E-state index in [0.29, 0.717) is 11.3 Å². The highest BCUT2D eigenvalue weighted by Crippen LogP contribution is 2.15. The number of hydrogen-bond donors (Lipinski definition) is 3. The number of benzene rings is 2. The molecule has 0 heterocycles. The second-order valence-corrected chi connectivity index (χ2v) is 4.73. The van der Waals surface area contributed by atoms with Crippen LogP contribution in [0.3, 0.4) is 0 Å². The summed E-state index contributed by atoms with van der Waals surface area (Å²) in [4.78, 5) is 22.3. The van der Waals surface area contributed by atoms with Crippen molar-refractivity contribution in [3.63, 3.8) is 0 Å². The predicted octanol–water partition coefficient (Wildman–Crippen LogP) is 1.71. The number of anilines is 1. The van der Waals surface area contributed by atoms with E-state index in [0.717, 1.165) is 5.69 Å². The summed E-state index contributed by atoms with van der Waals surface area (Å²) in [6.07, 6.45) is 1.40. The van der Waals surface area contributed by atoms with Gasteiger partial charge in [0.25, 0.3) is 5.91 Å². The number of nitrogens with zero attached hydrogens (tertiary/aromatic N) is 1. The smallest absolute Gasteiger partial charge is 0.341 e. The van der Waals surface area contributed by atoms with Crippen LogP contribution in [-0.4, -0.2) is 36.3 Å². The van der Waals surface area contributed by atoms with Crippen LogP contribution in [0.15, 0.2) is 59.7 Å². The second kappa shape index (κ2) is 8.94. The molecule has 0 radical (unpaired) electrons. The number of carbonyl (C=O) groups is 2. The van der Waals surface area contributed by atoms with Crippen LogP contribution in [0.4, 0.5) is 5.69 Å². The monoisotopic (exact) mass is 327 g/mol. The molecule has 0 spiro atoms. The maximum atomic E-state index is 11.7. The molecule has 7 nitrogen and oxygen atoms in total. The molecule has 24 heavy (non-hydrogen) atoms. The van der Waals surface area contributed by atoms with Crippen molar-refractivity contribution in [1.82, 2.24) is 5.43 Å². The molecule has 2 aromatic carbocycles. The third-order valence-electron chi connectivity index (χ3n) is 2.89. The number of ether oxygens (including phenoxy) is 1. The highest BCUT2D eigenvalue weighted by molar-refractivity contribution is 5.86. The average molecular weight is 327 g/mol. The highest BCUT2D eigenvalue weighted by Gasteiger charge is 2.04. The minimum atomic E-state index is -1.07. The van der Waals surface area contributed by atoms with E-state index in [1.807, 2.05) is 30.3 Å². The Labute approximate surface area is 139 Å². The quantitative estimate of drug-likeness (QED) is 0.506. The molecule has 0 saturated carbocycles. The molecule has 0 unspecified atom stereocenters. The lowest BCUT2D eigenvalue weighted by Gasteiger charge is -2.06. The lowest BCUT2D eigenvalue weighted by molar-refractivity contribution is -0.139. The fourth-order valence-electron chi connectivity index (χ4n) is 1.81. The topological polar surface area (TPSA) is 100 Å². The molecular formula is C17H17N3O4. The molecule has 0 atom stereocenters. The van der Waals surface area contributed by atoms with Crippen molar-refractivity contribution >= 4 is 23.8 Å². The van der Waals surface area contributed by atoms with Crippen LogP contribution in [0.1, 0.15) is 5.56 Å². The minimum Gasteiger partial charge on any atom is -0.481 e. The first-order chi connectivity index (χ1) is 11.6.